The Balaban J connectivity index is 0. The Morgan fingerprint density at radius 1 is 1.36 bits per heavy atom. The largest absolute Gasteiger partial charge is 0.379 e. The molecule has 1 unspecified atom stereocenters. The molecule has 0 amide bonds. The van der Waals surface area contributed by atoms with E-state index in [9.17, 15) is 0 Å². The molecule has 0 radical (unpaired) electrons. The zero-order chi connectivity index (χ0) is 9.11. The molecule has 70 valence electrons. The highest BCUT2D eigenvalue weighted by atomic mass is 16.5. The number of nitrogens with two attached hydrogens (primary N) is 1. The van der Waals surface area contributed by atoms with E-state index in [2.05, 4.69) is 0 Å². The van der Waals surface area contributed by atoms with Crippen molar-refractivity contribution in [3.63, 3.8) is 0 Å². The van der Waals surface area contributed by atoms with Gasteiger partial charge in [0.25, 0.3) is 0 Å². The van der Waals surface area contributed by atoms with Crippen LogP contribution in [-0.4, -0.2) is 33.0 Å². The first-order chi connectivity index (χ1) is 5.35. The predicted octanol–water partition coefficient (Wildman–Crippen LogP) is 1.02. The lowest BCUT2D eigenvalue weighted by atomic mass is 10.4. The molecule has 3 heteroatoms. The third-order valence-electron chi connectivity index (χ3n) is 1.10. The van der Waals surface area contributed by atoms with E-state index in [0.29, 0.717) is 13.2 Å². The van der Waals surface area contributed by atoms with Crippen LogP contribution >= 0.6 is 0 Å². The molecule has 0 saturated carbocycles. The fraction of sp³-hybridized carbons (Fsp3) is 1.00. The third kappa shape index (κ3) is 9.88. The molecule has 0 aliphatic rings. The van der Waals surface area contributed by atoms with Crippen LogP contribution in [0.1, 0.15) is 20.8 Å². The summed E-state index contributed by atoms with van der Waals surface area (Å²) in [6.07, 6.45) is 0.0601. The fourth-order valence-electron chi connectivity index (χ4n) is 0.482. The van der Waals surface area contributed by atoms with Crippen molar-refractivity contribution in [2.45, 2.75) is 26.9 Å². The predicted molar refractivity (Wildman–Crippen MR) is 47.7 cm³/mol. The van der Waals surface area contributed by atoms with Gasteiger partial charge in [0.2, 0.25) is 0 Å². The van der Waals surface area contributed by atoms with Crippen LogP contribution in [0.2, 0.25) is 0 Å². The van der Waals surface area contributed by atoms with Gasteiger partial charge in [-0.05, 0) is 6.92 Å². The van der Waals surface area contributed by atoms with Crippen LogP contribution in [0.25, 0.3) is 0 Å². The first-order valence-electron chi connectivity index (χ1n) is 4.15. The lowest BCUT2D eigenvalue weighted by Crippen LogP contribution is -2.27. The van der Waals surface area contributed by atoms with E-state index in [1.54, 1.807) is 7.11 Å². The van der Waals surface area contributed by atoms with Crippen LogP contribution < -0.4 is 5.73 Å². The topological polar surface area (TPSA) is 44.5 Å². The van der Waals surface area contributed by atoms with Crippen molar-refractivity contribution in [3.8, 4) is 0 Å². The molecule has 3 nitrogen and oxygen atoms in total. The maximum atomic E-state index is 5.32. The van der Waals surface area contributed by atoms with E-state index in [4.69, 9.17) is 15.2 Å². The van der Waals surface area contributed by atoms with Crippen molar-refractivity contribution in [2.24, 2.45) is 5.73 Å². The summed E-state index contributed by atoms with van der Waals surface area (Å²) in [6, 6.07) is 0. The van der Waals surface area contributed by atoms with Crippen LogP contribution in [0.15, 0.2) is 0 Å². The normalized spacial score (nSPS) is 11.7. The molecule has 11 heavy (non-hydrogen) atoms. The van der Waals surface area contributed by atoms with Crippen LogP contribution in [-0.2, 0) is 9.47 Å². The van der Waals surface area contributed by atoms with Gasteiger partial charge in [0.05, 0.1) is 12.7 Å². The SMILES string of the molecule is CC.CCOCC(CN)OC. The summed E-state index contributed by atoms with van der Waals surface area (Å²) in [4.78, 5) is 0. The van der Waals surface area contributed by atoms with Gasteiger partial charge in [-0.1, -0.05) is 13.8 Å². The first-order valence-corrected chi connectivity index (χ1v) is 4.15. The third-order valence-corrected chi connectivity index (χ3v) is 1.10. The average molecular weight is 163 g/mol. The number of hydrogen-bond donors (Lipinski definition) is 1. The minimum Gasteiger partial charge on any atom is -0.379 e. The van der Waals surface area contributed by atoms with Gasteiger partial charge in [-0.25, -0.2) is 0 Å². The van der Waals surface area contributed by atoms with Crippen LogP contribution in [0.3, 0.4) is 0 Å². The zero-order valence-corrected chi connectivity index (χ0v) is 8.09. The van der Waals surface area contributed by atoms with Gasteiger partial charge in [-0.3, -0.25) is 0 Å². The monoisotopic (exact) mass is 163 g/mol. The highest BCUT2D eigenvalue weighted by Gasteiger charge is 2.01. The molecule has 0 bridgehead atoms. The minimum atomic E-state index is 0.0601. The highest BCUT2D eigenvalue weighted by Crippen LogP contribution is 1.86. The van der Waals surface area contributed by atoms with Crippen LogP contribution in [0.4, 0.5) is 0 Å². The maximum Gasteiger partial charge on any atom is 0.0926 e. The summed E-state index contributed by atoms with van der Waals surface area (Å²) in [6.45, 7) is 7.79. The second-order valence-corrected chi connectivity index (χ2v) is 1.75. The van der Waals surface area contributed by atoms with Gasteiger partial charge >= 0.3 is 0 Å². The Kier molecular flexibility index (Phi) is 15.4. The molecule has 0 heterocycles. The van der Waals surface area contributed by atoms with Crippen molar-refractivity contribution in [3.05, 3.63) is 0 Å². The van der Waals surface area contributed by atoms with Crippen LogP contribution in [0.5, 0.6) is 0 Å². The van der Waals surface area contributed by atoms with Crippen molar-refractivity contribution in [2.75, 3.05) is 26.9 Å². The van der Waals surface area contributed by atoms with E-state index in [1.807, 2.05) is 20.8 Å². The van der Waals surface area contributed by atoms with Gasteiger partial charge in [-0.15, -0.1) is 0 Å². The Labute approximate surface area is 69.9 Å². The number of ether oxygens (including phenoxy) is 2. The summed E-state index contributed by atoms with van der Waals surface area (Å²) in [5.74, 6) is 0. The average Bonchev–Trinajstić information content (AvgIpc) is 2.10. The summed E-state index contributed by atoms with van der Waals surface area (Å²) < 4.78 is 10.0. The smallest absolute Gasteiger partial charge is 0.0926 e. The van der Waals surface area contributed by atoms with E-state index >= 15 is 0 Å². The molecule has 0 aliphatic carbocycles. The second kappa shape index (κ2) is 12.5. The fourth-order valence-corrected chi connectivity index (χ4v) is 0.482. The number of rotatable bonds is 5. The lowest BCUT2D eigenvalue weighted by Gasteiger charge is -2.11. The molecular weight excluding hydrogens is 142 g/mol. The molecule has 0 rings (SSSR count). The molecule has 0 aliphatic heterocycles. The molecule has 0 aromatic heterocycles. The number of hydrogen-bond acceptors (Lipinski definition) is 3. The van der Waals surface area contributed by atoms with Crippen molar-refractivity contribution in [1.29, 1.82) is 0 Å². The van der Waals surface area contributed by atoms with Crippen LogP contribution in [0, 0.1) is 0 Å². The summed E-state index contributed by atoms with van der Waals surface area (Å²) >= 11 is 0. The van der Waals surface area contributed by atoms with Gasteiger partial charge < -0.3 is 15.2 Å². The van der Waals surface area contributed by atoms with E-state index in [-0.39, 0.29) is 6.10 Å². The summed E-state index contributed by atoms with van der Waals surface area (Å²) in [5, 5.41) is 0. The van der Waals surface area contributed by atoms with E-state index < -0.39 is 0 Å². The molecule has 0 aromatic rings. The number of methoxy groups -OCH3 is 1. The quantitative estimate of drug-likeness (QED) is 0.658. The standard InChI is InChI=1S/C6H15NO2.C2H6/c1-3-9-5-6(4-7)8-2;1-2/h6H,3-5,7H2,1-2H3;1-2H3. The van der Waals surface area contributed by atoms with Crippen molar-refractivity contribution >= 4 is 0 Å². The highest BCUT2D eigenvalue weighted by molar-refractivity contribution is 4.54. The summed E-state index contributed by atoms with van der Waals surface area (Å²) in [7, 11) is 1.64. The molecule has 0 saturated heterocycles. The Morgan fingerprint density at radius 2 is 1.91 bits per heavy atom. The Bertz CT molecular complexity index is 56.1. The van der Waals surface area contributed by atoms with Crippen molar-refractivity contribution in [1.82, 2.24) is 0 Å². The molecular formula is C8H21NO2. The molecule has 0 spiro atoms. The molecule has 2 N–H and O–H groups in total. The van der Waals surface area contributed by atoms with E-state index in [1.165, 1.54) is 0 Å². The Morgan fingerprint density at radius 3 is 2.18 bits per heavy atom. The molecule has 0 fully saturated rings. The van der Waals surface area contributed by atoms with Gasteiger partial charge in [0.15, 0.2) is 0 Å². The lowest BCUT2D eigenvalue weighted by molar-refractivity contribution is 0.0179. The van der Waals surface area contributed by atoms with Gasteiger partial charge in [0.1, 0.15) is 0 Å². The Hall–Kier alpha value is -0.120. The molecule has 0 aromatic carbocycles. The van der Waals surface area contributed by atoms with Gasteiger partial charge in [-0.2, -0.15) is 0 Å². The molecule has 1 atom stereocenters. The minimum absolute atomic E-state index is 0.0601. The van der Waals surface area contributed by atoms with Crippen molar-refractivity contribution < 1.29 is 9.47 Å². The van der Waals surface area contributed by atoms with Gasteiger partial charge in [0, 0.05) is 20.3 Å². The summed E-state index contributed by atoms with van der Waals surface area (Å²) in [5.41, 5.74) is 5.32. The van der Waals surface area contributed by atoms with E-state index in [0.717, 1.165) is 6.61 Å². The first kappa shape index (κ1) is 13.5. The second-order valence-electron chi connectivity index (χ2n) is 1.75. The maximum absolute atomic E-state index is 5.32. The zero-order valence-electron chi connectivity index (χ0n) is 8.09.